The zero-order valence-corrected chi connectivity index (χ0v) is 6.79. The summed E-state index contributed by atoms with van der Waals surface area (Å²) in [5, 5.41) is 2.93. The summed E-state index contributed by atoms with van der Waals surface area (Å²) in [5.74, 6) is 0.170. The molecule has 0 radical (unpaired) electrons. The number of amides is 1. The fraction of sp³-hybridized carbons (Fsp3) is 0.300. The number of hydrogen-bond acceptors (Lipinski definition) is 1. The Morgan fingerprint density at radius 1 is 1.25 bits per heavy atom. The SMILES string of the molecule is O=C1CC[C@H](c2ccccc2)N1. The Labute approximate surface area is 71.6 Å². The van der Waals surface area contributed by atoms with Gasteiger partial charge in [-0.05, 0) is 12.0 Å². The van der Waals surface area contributed by atoms with Gasteiger partial charge in [-0.2, -0.15) is 0 Å². The van der Waals surface area contributed by atoms with Crippen molar-refractivity contribution in [2.75, 3.05) is 0 Å². The van der Waals surface area contributed by atoms with Gasteiger partial charge in [0.1, 0.15) is 0 Å². The molecule has 62 valence electrons. The van der Waals surface area contributed by atoms with Crippen molar-refractivity contribution >= 4 is 5.91 Å². The fourth-order valence-corrected chi connectivity index (χ4v) is 1.55. The second-order valence-corrected chi connectivity index (χ2v) is 3.07. The first-order valence-corrected chi connectivity index (χ1v) is 4.20. The van der Waals surface area contributed by atoms with Crippen LogP contribution in [0.1, 0.15) is 24.4 Å². The highest BCUT2D eigenvalue weighted by atomic mass is 16.1. The number of nitrogens with one attached hydrogen (secondary N) is 1. The zero-order valence-electron chi connectivity index (χ0n) is 6.79. The minimum absolute atomic E-state index is 0.170. The molecule has 2 heteroatoms. The summed E-state index contributed by atoms with van der Waals surface area (Å²) >= 11 is 0. The molecular weight excluding hydrogens is 150 g/mol. The van der Waals surface area contributed by atoms with Gasteiger partial charge in [0.15, 0.2) is 0 Å². The molecule has 1 atom stereocenters. The molecule has 0 aromatic heterocycles. The Hall–Kier alpha value is -1.31. The molecule has 1 amide bonds. The molecule has 1 saturated heterocycles. The van der Waals surface area contributed by atoms with Crippen molar-refractivity contribution in [3.63, 3.8) is 0 Å². The van der Waals surface area contributed by atoms with Crippen molar-refractivity contribution < 1.29 is 4.79 Å². The predicted octanol–water partition coefficient (Wildman–Crippen LogP) is 1.64. The maximum Gasteiger partial charge on any atom is 0.220 e. The van der Waals surface area contributed by atoms with Gasteiger partial charge in [-0.1, -0.05) is 30.3 Å². The average Bonchev–Trinajstić information content (AvgIpc) is 2.54. The molecule has 1 N–H and O–H groups in total. The fourth-order valence-electron chi connectivity index (χ4n) is 1.55. The number of rotatable bonds is 1. The highest BCUT2D eigenvalue weighted by Gasteiger charge is 2.21. The molecule has 1 aromatic carbocycles. The molecule has 2 rings (SSSR count). The Kier molecular flexibility index (Phi) is 1.82. The molecule has 0 unspecified atom stereocenters. The van der Waals surface area contributed by atoms with Gasteiger partial charge in [0.25, 0.3) is 0 Å². The van der Waals surface area contributed by atoms with Crippen LogP contribution in [-0.2, 0) is 4.79 Å². The van der Waals surface area contributed by atoms with E-state index in [0.29, 0.717) is 6.42 Å². The Bertz CT molecular complexity index is 281. The highest BCUT2D eigenvalue weighted by molar-refractivity contribution is 5.78. The first-order valence-electron chi connectivity index (χ1n) is 4.20. The standard InChI is InChI=1S/C10H11NO/c12-10-7-6-9(11-10)8-4-2-1-3-5-8/h1-5,9H,6-7H2,(H,11,12)/t9-/m1/s1. The third kappa shape index (κ3) is 1.33. The van der Waals surface area contributed by atoms with Crippen LogP contribution in [0.4, 0.5) is 0 Å². The van der Waals surface area contributed by atoms with Gasteiger partial charge in [-0.3, -0.25) is 4.79 Å². The highest BCUT2D eigenvalue weighted by Crippen LogP contribution is 2.22. The van der Waals surface area contributed by atoms with E-state index in [4.69, 9.17) is 0 Å². The maximum absolute atomic E-state index is 10.9. The van der Waals surface area contributed by atoms with Crippen LogP contribution in [-0.4, -0.2) is 5.91 Å². The summed E-state index contributed by atoms with van der Waals surface area (Å²) in [6.07, 6.45) is 1.60. The minimum Gasteiger partial charge on any atom is -0.349 e. The third-order valence-corrected chi connectivity index (χ3v) is 2.20. The van der Waals surface area contributed by atoms with Crippen molar-refractivity contribution in [1.29, 1.82) is 0 Å². The Balaban J connectivity index is 2.16. The molecule has 1 fully saturated rings. The van der Waals surface area contributed by atoms with Crippen LogP contribution < -0.4 is 5.32 Å². The van der Waals surface area contributed by atoms with Crippen molar-refractivity contribution in [2.45, 2.75) is 18.9 Å². The van der Waals surface area contributed by atoms with E-state index in [1.165, 1.54) is 5.56 Å². The van der Waals surface area contributed by atoms with E-state index >= 15 is 0 Å². The van der Waals surface area contributed by atoms with Gasteiger partial charge in [-0.15, -0.1) is 0 Å². The predicted molar refractivity (Wildman–Crippen MR) is 46.6 cm³/mol. The van der Waals surface area contributed by atoms with Crippen LogP contribution in [0.25, 0.3) is 0 Å². The van der Waals surface area contributed by atoms with E-state index in [-0.39, 0.29) is 11.9 Å². The lowest BCUT2D eigenvalue weighted by molar-refractivity contribution is -0.119. The van der Waals surface area contributed by atoms with Gasteiger partial charge in [0, 0.05) is 6.42 Å². The zero-order chi connectivity index (χ0) is 8.39. The smallest absolute Gasteiger partial charge is 0.220 e. The van der Waals surface area contributed by atoms with Crippen LogP contribution in [0.5, 0.6) is 0 Å². The van der Waals surface area contributed by atoms with Gasteiger partial charge in [0.05, 0.1) is 6.04 Å². The molecule has 12 heavy (non-hydrogen) atoms. The average molecular weight is 161 g/mol. The monoisotopic (exact) mass is 161 g/mol. The van der Waals surface area contributed by atoms with Gasteiger partial charge < -0.3 is 5.32 Å². The molecule has 0 spiro atoms. The molecule has 0 aliphatic carbocycles. The van der Waals surface area contributed by atoms with E-state index in [9.17, 15) is 4.79 Å². The summed E-state index contributed by atoms with van der Waals surface area (Å²) in [6.45, 7) is 0. The van der Waals surface area contributed by atoms with E-state index in [0.717, 1.165) is 6.42 Å². The second-order valence-electron chi connectivity index (χ2n) is 3.07. The molecule has 1 aliphatic heterocycles. The van der Waals surface area contributed by atoms with Gasteiger partial charge in [-0.25, -0.2) is 0 Å². The van der Waals surface area contributed by atoms with E-state index in [1.807, 2.05) is 18.2 Å². The van der Waals surface area contributed by atoms with Crippen molar-refractivity contribution in [2.24, 2.45) is 0 Å². The number of benzene rings is 1. The summed E-state index contributed by atoms with van der Waals surface area (Å²) in [7, 11) is 0. The largest absolute Gasteiger partial charge is 0.349 e. The lowest BCUT2D eigenvalue weighted by atomic mass is 10.1. The van der Waals surface area contributed by atoms with Gasteiger partial charge in [0.2, 0.25) is 5.91 Å². The quantitative estimate of drug-likeness (QED) is 0.666. The van der Waals surface area contributed by atoms with Gasteiger partial charge >= 0.3 is 0 Å². The maximum atomic E-state index is 10.9. The Morgan fingerprint density at radius 2 is 2.00 bits per heavy atom. The molecule has 2 nitrogen and oxygen atoms in total. The molecule has 1 aliphatic rings. The first kappa shape index (κ1) is 7.35. The van der Waals surface area contributed by atoms with Crippen molar-refractivity contribution in [1.82, 2.24) is 5.32 Å². The second kappa shape index (κ2) is 2.97. The molecule has 0 bridgehead atoms. The summed E-state index contributed by atoms with van der Waals surface area (Å²) in [4.78, 5) is 10.9. The summed E-state index contributed by atoms with van der Waals surface area (Å²) in [5.41, 5.74) is 1.21. The van der Waals surface area contributed by atoms with Crippen LogP contribution in [0.2, 0.25) is 0 Å². The lowest BCUT2D eigenvalue weighted by Gasteiger charge is -2.08. The molecular formula is C10H11NO. The number of carbonyl (C=O) groups is 1. The van der Waals surface area contributed by atoms with Crippen LogP contribution in [0.3, 0.4) is 0 Å². The van der Waals surface area contributed by atoms with E-state index in [2.05, 4.69) is 17.4 Å². The first-order chi connectivity index (χ1) is 5.86. The summed E-state index contributed by atoms with van der Waals surface area (Å²) in [6, 6.07) is 10.3. The minimum atomic E-state index is 0.170. The Morgan fingerprint density at radius 3 is 2.58 bits per heavy atom. The van der Waals surface area contributed by atoms with E-state index < -0.39 is 0 Å². The lowest BCUT2D eigenvalue weighted by Crippen LogP contribution is -2.17. The topological polar surface area (TPSA) is 29.1 Å². The molecule has 0 saturated carbocycles. The molecule has 1 heterocycles. The van der Waals surface area contributed by atoms with Crippen LogP contribution >= 0.6 is 0 Å². The van der Waals surface area contributed by atoms with Crippen molar-refractivity contribution in [3.05, 3.63) is 35.9 Å². The van der Waals surface area contributed by atoms with Crippen molar-refractivity contribution in [3.8, 4) is 0 Å². The normalized spacial score (nSPS) is 22.3. The number of carbonyl (C=O) groups excluding carboxylic acids is 1. The number of hydrogen-bond donors (Lipinski definition) is 1. The third-order valence-electron chi connectivity index (χ3n) is 2.20. The van der Waals surface area contributed by atoms with Crippen LogP contribution in [0.15, 0.2) is 30.3 Å². The summed E-state index contributed by atoms with van der Waals surface area (Å²) < 4.78 is 0. The van der Waals surface area contributed by atoms with Crippen LogP contribution in [0, 0.1) is 0 Å². The van der Waals surface area contributed by atoms with E-state index in [1.54, 1.807) is 0 Å². The molecule has 1 aromatic rings.